The van der Waals surface area contributed by atoms with Gasteiger partial charge in [0.2, 0.25) is 14.2 Å². The smallest absolute Gasteiger partial charge is 0.296 e. The SMILES string of the molecule is CC[Si](CC)(CC)[Si](OC(=O)C(C)C(NP(=O)(c1ccccc1)c1ccccc1)c1cccc(C)c1)([Si](CC)(CC)CC)[Si](CC)(CC)CC. The molecule has 0 saturated heterocycles. The van der Waals surface area contributed by atoms with E-state index in [0.29, 0.717) is 0 Å². The highest BCUT2D eigenvalue weighted by molar-refractivity contribution is 7.88. The number of carbonyl (C=O) groups excluding carboxylic acids is 1. The molecule has 0 saturated carbocycles. The van der Waals surface area contributed by atoms with Crippen molar-refractivity contribution in [2.24, 2.45) is 5.92 Å². The van der Waals surface area contributed by atoms with E-state index in [9.17, 15) is 0 Å². The number of aryl methyl sites for hydroxylation is 1. The molecule has 0 fully saturated rings. The molecule has 0 aliphatic rings. The summed E-state index contributed by atoms with van der Waals surface area (Å²) in [5.74, 6) is -0.578. The molecule has 1 N–H and O–H groups in total. The number of hydrogen-bond acceptors (Lipinski definition) is 3. The van der Waals surface area contributed by atoms with Gasteiger partial charge in [-0.25, -0.2) is 0 Å². The van der Waals surface area contributed by atoms with Crippen molar-refractivity contribution in [3.05, 3.63) is 96.1 Å². The van der Waals surface area contributed by atoms with Gasteiger partial charge in [-0.05, 0) is 36.8 Å². The number of carbonyl (C=O) groups is 1. The van der Waals surface area contributed by atoms with Crippen LogP contribution in [0, 0.1) is 12.8 Å². The zero-order valence-corrected chi connectivity index (χ0v) is 38.2. The van der Waals surface area contributed by atoms with E-state index >= 15 is 9.36 Å². The molecule has 2 unspecified atom stereocenters. The van der Waals surface area contributed by atoms with Crippen molar-refractivity contribution < 1.29 is 13.8 Å². The van der Waals surface area contributed by atoms with Crippen molar-refractivity contribution in [3.8, 4) is 0 Å². The summed E-state index contributed by atoms with van der Waals surface area (Å²) < 4.78 is 23.5. The lowest BCUT2D eigenvalue weighted by molar-refractivity contribution is -0.139. The zero-order valence-electron chi connectivity index (χ0n) is 33.3. The molecular weight excluding hydrogens is 698 g/mol. The highest BCUT2D eigenvalue weighted by atomic mass is 31.2. The van der Waals surface area contributed by atoms with Crippen LogP contribution in [0.15, 0.2) is 84.9 Å². The molecule has 0 amide bonds. The summed E-state index contributed by atoms with van der Waals surface area (Å²) in [4.78, 5) is 15.6. The first-order valence-corrected chi connectivity index (χ1v) is 34.2. The first-order chi connectivity index (χ1) is 23.9. The molecule has 0 spiro atoms. The molecule has 3 aromatic carbocycles. The first-order valence-electron chi connectivity index (χ1n) is 19.7. The maximum Gasteiger partial charge on any atom is 0.296 e. The second-order valence-electron chi connectivity index (χ2n) is 14.7. The largest absolute Gasteiger partial charge is 0.527 e. The highest BCUT2D eigenvalue weighted by Crippen LogP contribution is 2.52. The monoisotopic (exact) mass is 765 g/mol. The molecule has 0 aliphatic heterocycles. The fourth-order valence-corrected chi connectivity index (χ4v) is 111. The summed E-state index contributed by atoms with van der Waals surface area (Å²) in [6.07, 6.45) is 0. The minimum atomic E-state index is -3.38. The second kappa shape index (κ2) is 18.3. The van der Waals surface area contributed by atoms with Crippen LogP contribution in [-0.2, 0) is 13.8 Å². The van der Waals surface area contributed by atoms with Crippen molar-refractivity contribution in [3.63, 3.8) is 0 Å². The fourth-order valence-electron chi connectivity index (χ4n) is 9.99. The molecule has 0 bridgehead atoms. The molecular formula is C41H68NO3PSi4. The van der Waals surface area contributed by atoms with E-state index < -0.39 is 48.9 Å². The van der Waals surface area contributed by atoms with Crippen LogP contribution in [0.25, 0.3) is 0 Å². The van der Waals surface area contributed by atoms with Gasteiger partial charge in [-0.2, -0.15) is 0 Å². The number of benzene rings is 3. The summed E-state index contributed by atoms with van der Waals surface area (Å²) in [5.41, 5.74) is 2.10. The fraction of sp³-hybridized carbons (Fsp3) is 0.537. The van der Waals surface area contributed by atoms with E-state index in [0.717, 1.165) is 21.7 Å². The normalized spacial score (nSPS) is 14.3. The minimum absolute atomic E-state index is 0.0463. The van der Waals surface area contributed by atoms with E-state index in [1.54, 1.807) is 0 Å². The Bertz CT molecular complexity index is 1420. The van der Waals surface area contributed by atoms with E-state index in [1.165, 1.54) is 54.4 Å². The van der Waals surface area contributed by atoms with Gasteiger partial charge in [0.25, 0.3) is 5.97 Å². The second-order valence-corrected chi connectivity index (χ2v) is 53.2. The molecule has 276 valence electrons. The van der Waals surface area contributed by atoms with Crippen LogP contribution in [0.1, 0.15) is 86.4 Å². The molecule has 50 heavy (non-hydrogen) atoms. The van der Waals surface area contributed by atoms with Crippen molar-refractivity contribution in [1.29, 1.82) is 0 Å². The Morgan fingerprint density at radius 2 is 1.00 bits per heavy atom. The summed E-state index contributed by atoms with van der Waals surface area (Å²) in [5, 5.41) is 5.20. The Morgan fingerprint density at radius 1 is 0.620 bits per heavy atom. The van der Waals surface area contributed by atoms with Crippen molar-refractivity contribution in [2.75, 3.05) is 0 Å². The number of rotatable bonds is 20. The Labute approximate surface area is 309 Å². The van der Waals surface area contributed by atoms with Gasteiger partial charge in [-0.1, -0.05) is 190 Å². The number of hydrogen-bond donors (Lipinski definition) is 1. The van der Waals surface area contributed by atoms with Crippen LogP contribution in [0.4, 0.5) is 0 Å². The van der Waals surface area contributed by atoms with Crippen LogP contribution < -0.4 is 15.7 Å². The molecule has 0 aromatic heterocycles. The summed E-state index contributed by atoms with van der Waals surface area (Å²) in [6, 6.07) is 38.2. The Hall–Kier alpha value is -1.81. The van der Waals surface area contributed by atoms with E-state index in [4.69, 9.17) is 4.43 Å². The Balaban J connectivity index is 2.38. The molecule has 4 nitrogen and oxygen atoms in total. The van der Waals surface area contributed by atoms with Crippen LogP contribution in [0.3, 0.4) is 0 Å². The van der Waals surface area contributed by atoms with Crippen LogP contribution in [0.2, 0.25) is 54.4 Å². The van der Waals surface area contributed by atoms with Gasteiger partial charge in [0, 0.05) is 10.6 Å². The standard InChI is InChI=1S/C41H68NO3PSi4/c1-12-47(13-2,14-3)50(48(15-4,16-5)17-6,49(18-7,19-8)20-9)45-41(43)36(11)40(37-29-27-28-35(10)34-37)42-46(44,38-30-23-21-24-31-38)39-32-25-22-26-33-39/h21-34,36,40H,12-20H2,1-11H3,(H,42,44). The van der Waals surface area contributed by atoms with Crippen molar-refractivity contribution >= 4 is 53.5 Å². The first kappa shape index (κ1) is 42.6. The average molecular weight is 766 g/mol. The quantitative estimate of drug-likeness (QED) is 0.0919. The average Bonchev–Trinajstić information content (AvgIpc) is 3.16. The van der Waals surface area contributed by atoms with Gasteiger partial charge in [-0.15, -0.1) is 0 Å². The molecule has 0 aliphatic carbocycles. The third-order valence-corrected chi connectivity index (χ3v) is 85.8. The van der Waals surface area contributed by atoms with E-state index in [1.807, 2.05) is 60.7 Å². The lowest BCUT2D eigenvalue weighted by Gasteiger charge is -2.63. The van der Waals surface area contributed by atoms with Crippen LogP contribution in [-0.4, -0.2) is 35.6 Å². The maximum atomic E-state index is 15.6. The van der Waals surface area contributed by atoms with E-state index in [-0.39, 0.29) is 5.97 Å². The van der Waals surface area contributed by atoms with Crippen LogP contribution in [0.5, 0.6) is 0 Å². The minimum Gasteiger partial charge on any atom is -0.527 e. The van der Waals surface area contributed by atoms with Gasteiger partial charge >= 0.3 is 0 Å². The predicted molar refractivity (Wildman–Crippen MR) is 229 cm³/mol. The van der Waals surface area contributed by atoms with E-state index in [2.05, 4.69) is 106 Å². The van der Waals surface area contributed by atoms with Gasteiger partial charge in [-0.3, -0.25) is 14.4 Å². The van der Waals surface area contributed by atoms with Gasteiger partial charge in [0.05, 0.1) is 34.7 Å². The topological polar surface area (TPSA) is 55.4 Å². The summed E-state index contributed by atoms with van der Waals surface area (Å²) in [7, 11) is -9.48. The summed E-state index contributed by atoms with van der Waals surface area (Å²) in [6.45, 7) is 23.6. The predicted octanol–water partition coefficient (Wildman–Crippen LogP) is 11.4. The zero-order chi connectivity index (χ0) is 37.2. The lowest BCUT2D eigenvalue weighted by Crippen LogP contribution is -2.90. The molecule has 9 heteroatoms. The maximum absolute atomic E-state index is 15.6. The van der Waals surface area contributed by atoms with Crippen molar-refractivity contribution in [2.45, 2.75) is 137 Å². The van der Waals surface area contributed by atoms with Gasteiger partial charge in [0.15, 0.2) is 0 Å². The molecule has 0 radical (unpaired) electrons. The third-order valence-electron chi connectivity index (χ3n) is 13.4. The molecule has 2 atom stereocenters. The van der Waals surface area contributed by atoms with Gasteiger partial charge < -0.3 is 4.43 Å². The summed E-state index contributed by atoms with van der Waals surface area (Å²) >= 11 is 0. The van der Waals surface area contributed by atoms with Crippen molar-refractivity contribution in [1.82, 2.24) is 5.09 Å². The van der Waals surface area contributed by atoms with Crippen LogP contribution >= 0.6 is 7.29 Å². The molecule has 3 aromatic rings. The molecule has 3 rings (SSSR count). The van der Waals surface area contributed by atoms with Gasteiger partial charge in [0.1, 0.15) is 0 Å². The molecule has 0 heterocycles. The Kier molecular flexibility index (Phi) is 15.6. The lowest BCUT2D eigenvalue weighted by atomic mass is 9.94. The Morgan fingerprint density at radius 3 is 1.34 bits per heavy atom. The third kappa shape index (κ3) is 7.49. The number of nitrogens with one attached hydrogen (secondary N) is 1. The highest BCUT2D eigenvalue weighted by Gasteiger charge is 2.74.